The summed E-state index contributed by atoms with van der Waals surface area (Å²) in [6, 6.07) is 14.5. The van der Waals surface area contributed by atoms with Crippen molar-refractivity contribution in [2.75, 3.05) is 16.4 Å². The average Bonchev–Trinajstić information content (AvgIpc) is 2.75. The van der Waals surface area contributed by atoms with Gasteiger partial charge >= 0.3 is 5.97 Å². The summed E-state index contributed by atoms with van der Waals surface area (Å²) in [5, 5.41) is 15.0. The van der Waals surface area contributed by atoms with Gasteiger partial charge in [-0.2, -0.15) is 0 Å². The molecule has 2 amide bonds. The fourth-order valence-electron chi connectivity index (χ4n) is 3.13. The molecule has 2 unspecified atom stereocenters. The summed E-state index contributed by atoms with van der Waals surface area (Å²) in [6.07, 6.45) is 4.44. The molecule has 0 aliphatic heterocycles. The van der Waals surface area contributed by atoms with Crippen molar-refractivity contribution in [1.82, 2.24) is 0 Å². The lowest BCUT2D eigenvalue weighted by molar-refractivity contribution is -0.146. The zero-order valence-corrected chi connectivity index (χ0v) is 18.4. The molecule has 0 saturated carbocycles. The van der Waals surface area contributed by atoms with Crippen LogP contribution in [0.3, 0.4) is 0 Å². The van der Waals surface area contributed by atoms with Gasteiger partial charge in [0.15, 0.2) is 0 Å². The van der Waals surface area contributed by atoms with Gasteiger partial charge in [0.05, 0.1) is 17.6 Å². The third-order valence-corrected chi connectivity index (χ3v) is 6.25. The largest absolute Gasteiger partial charge is 0.481 e. The molecule has 1 aliphatic carbocycles. The summed E-state index contributed by atoms with van der Waals surface area (Å²) in [5.41, 5.74) is 1.33. The maximum absolute atomic E-state index is 12.5. The first-order valence-electron chi connectivity index (χ1n) is 9.39. The van der Waals surface area contributed by atoms with Crippen molar-refractivity contribution in [1.29, 1.82) is 0 Å². The highest BCUT2D eigenvalue weighted by molar-refractivity contribution is 9.10. The van der Waals surface area contributed by atoms with Gasteiger partial charge in [0.1, 0.15) is 0 Å². The molecule has 2 atom stereocenters. The summed E-state index contributed by atoms with van der Waals surface area (Å²) < 4.78 is 0.945. The van der Waals surface area contributed by atoms with E-state index in [1.165, 1.54) is 11.8 Å². The number of rotatable bonds is 7. The van der Waals surface area contributed by atoms with Crippen molar-refractivity contribution in [3.8, 4) is 0 Å². The number of carbonyl (C=O) groups is 3. The lowest BCUT2D eigenvalue weighted by atomic mass is 9.82. The predicted molar refractivity (Wildman–Crippen MR) is 122 cm³/mol. The van der Waals surface area contributed by atoms with Gasteiger partial charge in [-0.05, 0) is 61.4 Å². The lowest BCUT2D eigenvalue weighted by Crippen LogP contribution is -2.34. The second kappa shape index (κ2) is 10.4. The standard InChI is InChI=1S/C22H21BrN2O4S/c23-14-5-7-15(8-6-14)24-20(26)13-30-17-11-9-16(10-12-17)25-21(27)18-3-1-2-4-19(18)22(28)29/h1-2,5-12,18-19H,3-4,13H2,(H,24,26)(H,25,27)(H,28,29). The zero-order chi connectivity index (χ0) is 21.5. The number of hydrogen-bond donors (Lipinski definition) is 3. The van der Waals surface area contributed by atoms with Crippen molar-refractivity contribution >= 4 is 56.9 Å². The fourth-order valence-corrected chi connectivity index (χ4v) is 4.09. The number of anilines is 2. The van der Waals surface area contributed by atoms with E-state index in [0.717, 1.165) is 15.1 Å². The number of carboxylic acid groups (broad SMARTS) is 1. The summed E-state index contributed by atoms with van der Waals surface area (Å²) in [7, 11) is 0. The first kappa shape index (κ1) is 22.1. The van der Waals surface area contributed by atoms with Crippen LogP contribution in [0.5, 0.6) is 0 Å². The van der Waals surface area contributed by atoms with E-state index >= 15 is 0 Å². The summed E-state index contributed by atoms with van der Waals surface area (Å²) in [6.45, 7) is 0. The Morgan fingerprint density at radius 2 is 1.47 bits per heavy atom. The van der Waals surface area contributed by atoms with Crippen LogP contribution in [0.25, 0.3) is 0 Å². The van der Waals surface area contributed by atoms with Gasteiger partial charge in [0.2, 0.25) is 11.8 Å². The minimum atomic E-state index is -0.951. The van der Waals surface area contributed by atoms with Gasteiger partial charge in [0.25, 0.3) is 0 Å². The number of carboxylic acids is 1. The van der Waals surface area contributed by atoms with E-state index in [9.17, 15) is 19.5 Å². The molecule has 30 heavy (non-hydrogen) atoms. The van der Waals surface area contributed by atoms with Crippen molar-refractivity contribution in [3.63, 3.8) is 0 Å². The maximum Gasteiger partial charge on any atom is 0.307 e. The molecular formula is C22H21BrN2O4S. The first-order chi connectivity index (χ1) is 14.4. The molecule has 8 heteroatoms. The highest BCUT2D eigenvalue weighted by Gasteiger charge is 2.33. The number of nitrogens with one attached hydrogen (secondary N) is 2. The molecule has 0 bridgehead atoms. The summed E-state index contributed by atoms with van der Waals surface area (Å²) in [4.78, 5) is 36.9. The molecule has 0 aromatic heterocycles. The molecule has 156 valence electrons. The number of thioether (sulfide) groups is 1. The summed E-state index contributed by atoms with van der Waals surface area (Å²) >= 11 is 4.74. The second-order valence-electron chi connectivity index (χ2n) is 6.85. The van der Waals surface area contributed by atoms with Crippen LogP contribution >= 0.6 is 27.7 Å². The van der Waals surface area contributed by atoms with Gasteiger partial charge in [0, 0.05) is 20.7 Å². The number of benzene rings is 2. The van der Waals surface area contributed by atoms with Gasteiger partial charge in [-0.25, -0.2) is 0 Å². The molecular weight excluding hydrogens is 468 g/mol. The van der Waals surface area contributed by atoms with E-state index in [2.05, 4.69) is 26.6 Å². The molecule has 3 N–H and O–H groups in total. The molecule has 1 aliphatic rings. The van der Waals surface area contributed by atoms with E-state index in [1.807, 2.05) is 48.6 Å². The highest BCUT2D eigenvalue weighted by atomic mass is 79.9. The highest BCUT2D eigenvalue weighted by Crippen LogP contribution is 2.28. The molecule has 2 aromatic rings. The predicted octanol–water partition coefficient (Wildman–Crippen LogP) is 4.79. The Kier molecular flexibility index (Phi) is 7.70. The van der Waals surface area contributed by atoms with Gasteiger partial charge in [-0.15, -0.1) is 11.8 Å². The van der Waals surface area contributed by atoms with Gasteiger partial charge in [-0.1, -0.05) is 28.1 Å². The normalized spacial score (nSPS) is 17.9. The molecule has 2 aromatic carbocycles. The third-order valence-electron chi connectivity index (χ3n) is 4.71. The minimum absolute atomic E-state index is 0.107. The fraction of sp³-hybridized carbons (Fsp3) is 0.227. The van der Waals surface area contributed by atoms with E-state index in [0.29, 0.717) is 18.5 Å². The molecule has 0 radical (unpaired) electrons. The molecule has 0 fully saturated rings. The van der Waals surface area contributed by atoms with Crippen LogP contribution in [0.2, 0.25) is 0 Å². The van der Waals surface area contributed by atoms with E-state index in [-0.39, 0.29) is 17.6 Å². The first-order valence-corrected chi connectivity index (χ1v) is 11.2. The Balaban J connectivity index is 1.50. The number of hydrogen-bond acceptors (Lipinski definition) is 4. The van der Waals surface area contributed by atoms with Gasteiger partial charge in [-0.3, -0.25) is 14.4 Å². The maximum atomic E-state index is 12.5. The van der Waals surface area contributed by atoms with Crippen LogP contribution in [-0.4, -0.2) is 28.6 Å². The van der Waals surface area contributed by atoms with Gasteiger partial charge < -0.3 is 15.7 Å². The average molecular weight is 489 g/mol. The number of halogens is 1. The quantitative estimate of drug-likeness (QED) is 0.384. The number of aliphatic carboxylic acids is 1. The number of allylic oxidation sites excluding steroid dienone is 2. The number of carbonyl (C=O) groups excluding carboxylic acids is 2. The topological polar surface area (TPSA) is 95.5 Å². The van der Waals surface area contributed by atoms with Crippen molar-refractivity contribution < 1.29 is 19.5 Å². The van der Waals surface area contributed by atoms with E-state index in [1.54, 1.807) is 12.1 Å². The monoisotopic (exact) mass is 488 g/mol. The van der Waals surface area contributed by atoms with Crippen molar-refractivity contribution in [2.24, 2.45) is 11.8 Å². The van der Waals surface area contributed by atoms with Crippen LogP contribution in [-0.2, 0) is 14.4 Å². The van der Waals surface area contributed by atoms with Crippen molar-refractivity contribution in [3.05, 3.63) is 65.2 Å². The molecule has 6 nitrogen and oxygen atoms in total. The molecule has 0 spiro atoms. The Bertz CT molecular complexity index is 945. The second-order valence-corrected chi connectivity index (χ2v) is 8.82. The van der Waals surface area contributed by atoms with E-state index in [4.69, 9.17) is 0 Å². The Labute approximate surface area is 187 Å². The molecule has 0 saturated heterocycles. The van der Waals surface area contributed by atoms with Crippen LogP contribution in [0.1, 0.15) is 12.8 Å². The third kappa shape index (κ3) is 6.21. The van der Waals surface area contributed by atoms with Crippen LogP contribution in [0.15, 0.2) is 70.1 Å². The van der Waals surface area contributed by atoms with Crippen LogP contribution < -0.4 is 10.6 Å². The van der Waals surface area contributed by atoms with Crippen LogP contribution in [0.4, 0.5) is 11.4 Å². The smallest absolute Gasteiger partial charge is 0.307 e. The zero-order valence-electron chi connectivity index (χ0n) is 16.0. The lowest BCUT2D eigenvalue weighted by Gasteiger charge is -2.24. The number of amides is 2. The van der Waals surface area contributed by atoms with E-state index < -0.39 is 17.8 Å². The minimum Gasteiger partial charge on any atom is -0.481 e. The molecule has 0 heterocycles. The SMILES string of the molecule is O=C(CSc1ccc(NC(=O)C2CC=CCC2C(=O)O)cc1)Nc1ccc(Br)cc1. The Morgan fingerprint density at radius 3 is 2.10 bits per heavy atom. The molecule has 3 rings (SSSR count). The summed E-state index contributed by atoms with van der Waals surface area (Å²) in [5.74, 6) is -2.37. The van der Waals surface area contributed by atoms with Crippen LogP contribution in [0, 0.1) is 11.8 Å². The Morgan fingerprint density at radius 1 is 0.900 bits per heavy atom. The Hall–Kier alpha value is -2.58. The van der Waals surface area contributed by atoms with Crippen molar-refractivity contribution in [2.45, 2.75) is 17.7 Å².